The molecule has 2 N–H and O–H groups in total. The lowest BCUT2D eigenvalue weighted by Gasteiger charge is -2.30. The van der Waals surface area contributed by atoms with Gasteiger partial charge in [-0.2, -0.15) is 18.7 Å². The van der Waals surface area contributed by atoms with E-state index in [0.717, 1.165) is 25.6 Å². The molecule has 0 aliphatic carbocycles. The number of likely N-dealkylation sites (tertiary alicyclic amines) is 1. The van der Waals surface area contributed by atoms with Gasteiger partial charge >= 0.3 is 12.1 Å². The summed E-state index contributed by atoms with van der Waals surface area (Å²) in [7, 11) is 0. The Bertz CT molecular complexity index is 1080. The summed E-state index contributed by atoms with van der Waals surface area (Å²) in [6, 6.07) is 3.48. The number of aromatic nitrogens is 2. The summed E-state index contributed by atoms with van der Waals surface area (Å²) in [6.45, 7) is 4.15. The van der Waals surface area contributed by atoms with Crippen LogP contribution in [-0.2, 0) is 14.4 Å². The number of hydroxylamine groups is 1. The van der Waals surface area contributed by atoms with Gasteiger partial charge in [0.05, 0.1) is 16.1 Å². The first kappa shape index (κ1) is 25.6. The molecule has 2 heterocycles. The molecule has 2 aromatic rings. The van der Waals surface area contributed by atoms with Crippen LogP contribution in [0, 0.1) is 11.7 Å². The van der Waals surface area contributed by atoms with Crippen LogP contribution >= 0.6 is 15.9 Å². The Hall–Kier alpha value is -3.07. The fraction of sp³-hybridized carbons (Fsp3) is 0.421. The topological polar surface area (TPSA) is 122 Å². The van der Waals surface area contributed by atoms with Crippen LogP contribution in [0.15, 0.2) is 32.3 Å². The number of aliphatic imine (C=N–C) groups is 1. The second kappa shape index (κ2) is 10.9. The van der Waals surface area contributed by atoms with Crippen LogP contribution < -0.4 is 10.8 Å². The highest BCUT2D eigenvalue weighted by Gasteiger charge is 2.42. The molecule has 1 atom stereocenters. The fourth-order valence-electron chi connectivity index (χ4n) is 3.16. The molecule has 0 spiro atoms. The van der Waals surface area contributed by atoms with E-state index in [-0.39, 0.29) is 27.6 Å². The number of nitrogens with one attached hydrogen (secondary N) is 2. The van der Waals surface area contributed by atoms with Gasteiger partial charge in [-0.05, 0) is 70.4 Å². The number of amides is 1. The van der Waals surface area contributed by atoms with Crippen LogP contribution in [0.25, 0.3) is 0 Å². The molecular weight excluding hydrogens is 532 g/mol. The highest BCUT2D eigenvalue weighted by atomic mass is 79.9. The lowest BCUT2D eigenvalue weighted by Crippen LogP contribution is -2.40. The quantitative estimate of drug-likeness (QED) is 0.251. The van der Waals surface area contributed by atoms with Crippen molar-refractivity contribution in [2.45, 2.75) is 25.9 Å². The highest BCUT2D eigenvalue weighted by Crippen LogP contribution is 2.24. The molecular formula is C19H19BrF4N6O4. The average Bonchev–Trinajstić information content (AvgIpc) is 3.26. The Morgan fingerprint density at radius 2 is 2.12 bits per heavy atom. The van der Waals surface area contributed by atoms with Gasteiger partial charge in [-0.25, -0.2) is 18.8 Å². The summed E-state index contributed by atoms with van der Waals surface area (Å²) in [5.41, 5.74) is 1.48. The number of piperidine rings is 1. The van der Waals surface area contributed by atoms with Crippen LogP contribution in [-0.4, -0.2) is 58.7 Å². The first-order valence-electron chi connectivity index (χ1n) is 10.0. The maximum Gasteiger partial charge on any atom is 0.493 e. The standard InChI is InChI=1S/C19H19BrF4N6O4/c1-2-30-7-3-4-10(9-30)17(31)26-16-14(27-34-29-16)15(28-33-18(32)19(22,23)24)25-11-5-6-13(21)12(20)8-11/h5-6,8,10H,2-4,7,9H2,1H3,(H,25,28)(H,26,29,31). The van der Waals surface area contributed by atoms with E-state index in [9.17, 15) is 27.2 Å². The molecule has 1 aliphatic heterocycles. The van der Waals surface area contributed by atoms with Crippen molar-refractivity contribution in [3.63, 3.8) is 0 Å². The van der Waals surface area contributed by atoms with E-state index in [0.29, 0.717) is 13.0 Å². The number of halogens is 5. The minimum Gasteiger partial charge on any atom is -0.333 e. The van der Waals surface area contributed by atoms with E-state index in [1.807, 2.05) is 6.92 Å². The van der Waals surface area contributed by atoms with Crippen LogP contribution in [0.5, 0.6) is 0 Å². The van der Waals surface area contributed by atoms with Gasteiger partial charge in [0.25, 0.3) is 0 Å². The van der Waals surface area contributed by atoms with Crippen molar-refractivity contribution in [3.8, 4) is 0 Å². The second-order valence-electron chi connectivity index (χ2n) is 7.23. The predicted molar refractivity (Wildman–Crippen MR) is 113 cm³/mol. The van der Waals surface area contributed by atoms with Crippen molar-refractivity contribution in [1.29, 1.82) is 0 Å². The zero-order valence-electron chi connectivity index (χ0n) is 17.7. The Labute approximate surface area is 198 Å². The first-order valence-corrected chi connectivity index (χ1v) is 10.8. The summed E-state index contributed by atoms with van der Waals surface area (Å²) < 4.78 is 55.9. The molecule has 1 unspecified atom stereocenters. The minimum absolute atomic E-state index is 0.0185. The zero-order valence-corrected chi connectivity index (χ0v) is 19.2. The molecule has 3 rings (SSSR count). The molecule has 34 heavy (non-hydrogen) atoms. The highest BCUT2D eigenvalue weighted by molar-refractivity contribution is 9.10. The van der Waals surface area contributed by atoms with Gasteiger partial charge < -0.3 is 15.1 Å². The molecule has 1 aromatic carbocycles. The van der Waals surface area contributed by atoms with Crippen LogP contribution in [0.3, 0.4) is 0 Å². The van der Waals surface area contributed by atoms with Crippen molar-refractivity contribution in [2.75, 3.05) is 25.0 Å². The summed E-state index contributed by atoms with van der Waals surface area (Å²) in [6.07, 6.45) is -3.84. The van der Waals surface area contributed by atoms with Crippen molar-refractivity contribution < 1.29 is 36.6 Å². The molecule has 10 nitrogen and oxygen atoms in total. The van der Waals surface area contributed by atoms with Crippen molar-refractivity contribution in [1.82, 2.24) is 20.7 Å². The number of amidine groups is 1. The van der Waals surface area contributed by atoms with E-state index in [1.165, 1.54) is 12.1 Å². The summed E-state index contributed by atoms with van der Waals surface area (Å²) >= 11 is 2.97. The number of rotatable bonds is 5. The molecule has 1 amide bonds. The predicted octanol–water partition coefficient (Wildman–Crippen LogP) is 3.33. The van der Waals surface area contributed by atoms with Gasteiger partial charge in [-0.3, -0.25) is 4.79 Å². The van der Waals surface area contributed by atoms with E-state index in [4.69, 9.17) is 0 Å². The third-order valence-electron chi connectivity index (χ3n) is 4.89. The largest absolute Gasteiger partial charge is 0.493 e. The zero-order chi connectivity index (χ0) is 24.9. The molecule has 1 saturated heterocycles. The minimum atomic E-state index is -5.29. The van der Waals surface area contributed by atoms with Crippen molar-refractivity contribution in [3.05, 3.63) is 34.2 Å². The average molecular weight is 551 g/mol. The third-order valence-corrected chi connectivity index (χ3v) is 5.50. The Morgan fingerprint density at radius 3 is 2.79 bits per heavy atom. The summed E-state index contributed by atoms with van der Waals surface area (Å²) in [5, 5.41) is 9.66. The molecule has 15 heteroatoms. The Balaban J connectivity index is 1.87. The molecule has 1 aliphatic rings. The second-order valence-corrected chi connectivity index (χ2v) is 8.09. The van der Waals surface area contributed by atoms with E-state index < -0.39 is 29.7 Å². The smallest absolute Gasteiger partial charge is 0.333 e. The van der Waals surface area contributed by atoms with Gasteiger partial charge in [0.2, 0.25) is 11.7 Å². The summed E-state index contributed by atoms with van der Waals surface area (Å²) in [4.78, 5) is 34.1. The number of hydrogen-bond donors (Lipinski definition) is 2. The van der Waals surface area contributed by atoms with Gasteiger partial charge in [-0.15, -0.1) is 0 Å². The van der Waals surface area contributed by atoms with Crippen LogP contribution in [0.4, 0.5) is 29.1 Å². The Kier molecular flexibility index (Phi) is 8.19. The molecule has 1 aromatic heterocycles. The molecule has 0 radical (unpaired) electrons. The normalized spacial score (nSPS) is 17.4. The van der Waals surface area contributed by atoms with Crippen molar-refractivity contribution in [2.24, 2.45) is 10.9 Å². The molecule has 1 fully saturated rings. The third kappa shape index (κ3) is 6.50. The van der Waals surface area contributed by atoms with Crippen LogP contribution in [0.1, 0.15) is 25.5 Å². The maximum absolute atomic E-state index is 13.5. The van der Waals surface area contributed by atoms with Gasteiger partial charge in [0.15, 0.2) is 11.5 Å². The van der Waals surface area contributed by atoms with Gasteiger partial charge in [-0.1, -0.05) is 6.92 Å². The van der Waals surface area contributed by atoms with Gasteiger partial charge in [0, 0.05) is 6.54 Å². The van der Waals surface area contributed by atoms with E-state index in [1.54, 1.807) is 5.48 Å². The maximum atomic E-state index is 13.5. The molecule has 184 valence electrons. The number of benzene rings is 1. The Morgan fingerprint density at radius 1 is 1.35 bits per heavy atom. The number of anilines is 1. The number of nitrogens with zero attached hydrogens (tertiary/aromatic N) is 4. The van der Waals surface area contributed by atoms with E-state index in [2.05, 4.69) is 50.9 Å². The molecule has 0 saturated carbocycles. The van der Waals surface area contributed by atoms with Crippen LogP contribution in [0.2, 0.25) is 0 Å². The number of hydrogen-bond acceptors (Lipinski definition) is 8. The SMILES string of the molecule is CCN1CCCC(C(=O)Nc2nonc2C(=Nc2ccc(F)c(Br)c2)NOC(=O)C(F)(F)F)C1. The number of carbonyl (C=O) groups is 2. The fourth-order valence-corrected chi connectivity index (χ4v) is 3.53. The number of carbonyl (C=O) groups excluding carboxylic acids is 2. The lowest BCUT2D eigenvalue weighted by molar-refractivity contribution is -0.203. The van der Waals surface area contributed by atoms with Crippen molar-refractivity contribution >= 4 is 45.1 Å². The molecule has 0 bridgehead atoms. The van der Waals surface area contributed by atoms with Gasteiger partial charge in [0.1, 0.15) is 5.82 Å². The lowest BCUT2D eigenvalue weighted by atomic mass is 9.97. The monoisotopic (exact) mass is 550 g/mol. The van der Waals surface area contributed by atoms with E-state index >= 15 is 0 Å². The summed E-state index contributed by atoms with van der Waals surface area (Å²) in [5.74, 6) is -4.72. The first-order chi connectivity index (χ1) is 16.1. The number of alkyl halides is 3.